The molecule has 1 aliphatic rings. The molecule has 1 fully saturated rings. The molecule has 4 heteroatoms. The van der Waals surface area contributed by atoms with Gasteiger partial charge in [-0.25, -0.2) is 0 Å². The smallest absolute Gasteiger partial charge is 0.226 e. The molecule has 0 aromatic heterocycles. The number of thioether (sulfide) groups is 1. The van der Waals surface area contributed by atoms with Crippen LogP contribution in [0.3, 0.4) is 0 Å². The van der Waals surface area contributed by atoms with E-state index in [0.717, 1.165) is 38.1 Å². The van der Waals surface area contributed by atoms with Gasteiger partial charge in [-0.1, -0.05) is 6.92 Å². The largest absolute Gasteiger partial charge is 0.353 e. The van der Waals surface area contributed by atoms with Gasteiger partial charge < -0.3 is 10.6 Å². The van der Waals surface area contributed by atoms with Crippen LogP contribution in [0.5, 0.6) is 0 Å². The highest BCUT2D eigenvalue weighted by Crippen LogP contribution is 2.28. The molecule has 3 nitrogen and oxygen atoms in total. The number of amides is 1. The third kappa shape index (κ3) is 3.98. The Morgan fingerprint density at radius 2 is 2.12 bits per heavy atom. The number of carbonyl (C=O) groups excluding carboxylic acids is 1. The van der Waals surface area contributed by atoms with Crippen LogP contribution in [0.25, 0.3) is 0 Å². The van der Waals surface area contributed by atoms with E-state index in [1.165, 1.54) is 0 Å². The summed E-state index contributed by atoms with van der Waals surface area (Å²) in [5, 5.41) is 6.44. The molecular weight excluding hydrogens is 220 g/mol. The van der Waals surface area contributed by atoms with Gasteiger partial charge in [-0.3, -0.25) is 4.79 Å². The minimum Gasteiger partial charge on any atom is -0.353 e. The van der Waals surface area contributed by atoms with Gasteiger partial charge in [0, 0.05) is 11.5 Å². The molecule has 0 radical (unpaired) electrons. The summed E-state index contributed by atoms with van der Waals surface area (Å²) in [6.45, 7) is 6.11. The monoisotopic (exact) mass is 244 g/mol. The molecule has 1 saturated heterocycles. The number of piperidine rings is 1. The first kappa shape index (κ1) is 13.8. The number of hydrogen-bond acceptors (Lipinski definition) is 3. The first-order chi connectivity index (χ1) is 7.58. The first-order valence-electron chi connectivity index (χ1n) is 6.09. The van der Waals surface area contributed by atoms with E-state index in [2.05, 4.69) is 30.7 Å². The Kier molecular flexibility index (Phi) is 5.62. The molecule has 0 spiro atoms. The topological polar surface area (TPSA) is 41.1 Å². The molecule has 1 heterocycles. The molecule has 0 bridgehead atoms. The van der Waals surface area contributed by atoms with Gasteiger partial charge in [0.25, 0.3) is 0 Å². The summed E-state index contributed by atoms with van der Waals surface area (Å²) < 4.78 is 0. The number of hydrogen-bond donors (Lipinski definition) is 2. The summed E-state index contributed by atoms with van der Waals surface area (Å²) >= 11 is 1.83. The Morgan fingerprint density at radius 3 is 2.69 bits per heavy atom. The van der Waals surface area contributed by atoms with Gasteiger partial charge in [-0.2, -0.15) is 11.8 Å². The lowest BCUT2D eigenvalue weighted by Crippen LogP contribution is -2.48. The molecule has 1 atom stereocenters. The minimum absolute atomic E-state index is 0.154. The highest BCUT2D eigenvalue weighted by atomic mass is 32.2. The Bertz CT molecular complexity index is 227. The average molecular weight is 244 g/mol. The maximum Gasteiger partial charge on any atom is 0.226 e. The Morgan fingerprint density at radius 1 is 1.50 bits per heavy atom. The van der Waals surface area contributed by atoms with E-state index < -0.39 is 0 Å². The second-order valence-electron chi connectivity index (χ2n) is 4.97. The van der Waals surface area contributed by atoms with Crippen molar-refractivity contribution >= 4 is 17.7 Å². The Labute approximate surface area is 103 Å². The second-order valence-corrected chi connectivity index (χ2v) is 5.95. The van der Waals surface area contributed by atoms with Crippen molar-refractivity contribution in [2.45, 2.75) is 39.2 Å². The lowest BCUT2D eigenvalue weighted by atomic mass is 9.80. The third-order valence-corrected chi connectivity index (χ3v) is 4.03. The van der Waals surface area contributed by atoms with Gasteiger partial charge in [-0.05, 0) is 51.3 Å². The average Bonchev–Trinajstić information content (AvgIpc) is 2.27. The molecule has 16 heavy (non-hydrogen) atoms. The first-order valence-corrected chi connectivity index (χ1v) is 7.48. The van der Waals surface area contributed by atoms with Crippen LogP contribution in [0.4, 0.5) is 0 Å². The van der Waals surface area contributed by atoms with Crippen molar-refractivity contribution in [1.82, 2.24) is 10.6 Å². The molecular formula is C12H24N2OS. The van der Waals surface area contributed by atoms with Gasteiger partial charge in [-0.15, -0.1) is 0 Å². The molecule has 0 aromatic rings. The number of rotatable bonds is 5. The van der Waals surface area contributed by atoms with Crippen molar-refractivity contribution < 1.29 is 4.79 Å². The van der Waals surface area contributed by atoms with Crippen LogP contribution in [0.1, 0.15) is 33.1 Å². The number of carbonyl (C=O) groups is 1. The standard InChI is InChI=1S/C12H24N2OS/c1-10(4-9-16-3)14-11(15)12(2)5-7-13-8-6-12/h10,13H,4-9H2,1-3H3,(H,14,15). The predicted octanol–water partition coefficient (Wildman–Crippen LogP) is 1.63. The highest BCUT2D eigenvalue weighted by molar-refractivity contribution is 7.98. The Hall–Kier alpha value is -0.220. The van der Waals surface area contributed by atoms with Gasteiger partial charge in [0.05, 0.1) is 0 Å². The van der Waals surface area contributed by atoms with Crippen molar-refractivity contribution in [3.05, 3.63) is 0 Å². The molecule has 2 N–H and O–H groups in total. The van der Waals surface area contributed by atoms with Gasteiger partial charge in [0.2, 0.25) is 5.91 Å². The van der Waals surface area contributed by atoms with Crippen molar-refractivity contribution in [2.75, 3.05) is 25.1 Å². The molecule has 1 unspecified atom stereocenters. The lowest BCUT2D eigenvalue weighted by Gasteiger charge is -2.33. The van der Waals surface area contributed by atoms with Gasteiger partial charge in [0.1, 0.15) is 0 Å². The fourth-order valence-electron chi connectivity index (χ4n) is 1.97. The van der Waals surface area contributed by atoms with Crippen LogP contribution < -0.4 is 10.6 Å². The van der Waals surface area contributed by atoms with Gasteiger partial charge in [0.15, 0.2) is 0 Å². The maximum absolute atomic E-state index is 12.1. The molecule has 1 rings (SSSR count). The summed E-state index contributed by atoms with van der Waals surface area (Å²) in [5.74, 6) is 1.35. The summed E-state index contributed by atoms with van der Waals surface area (Å²) in [4.78, 5) is 12.1. The molecule has 0 aromatic carbocycles. The number of nitrogens with one attached hydrogen (secondary N) is 2. The minimum atomic E-state index is -0.154. The van der Waals surface area contributed by atoms with Gasteiger partial charge >= 0.3 is 0 Å². The molecule has 0 aliphatic carbocycles. The second kappa shape index (κ2) is 6.50. The quantitative estimate of drug-likeness (QED) is 0.772. The zero-order valence-electron chi connectivity index (χ0n) is 10.6. The molecule has 1 aliphatic heterocycles. The van der Waals surface area contributed by atoms with Crippen molar-refractivity contribution in [2.24, 2.45) is 5.41 Å². The fraction of sp³-hybridized carbons (Fsp3) is 0.917. The van der Waals surface area contributed by atoms with E-state index in [0.29, 0.717) is 6.04 Å². The van der Waals surface area contributed by atoms with Crippen molar-refractivity contribution in [3.63, 3.8) is 0 Å². The van der Waals surface area contributed by atoms with Crippen LogP contribution >= 0.6 is 11.8 Å². The van der Waals surface area contributed by atoms with E-state index in [1.54, 1.807) is 0 Å². The van der Waals surface area contributed by atoms with E-state index in [9.17, 15) is 4.79 Å². The van der Waals surface area contributed by atoms with E-state index in [1.807, 2.05) is 11.8 Å². The predicted molar refractivity (Wildman–Crippen MR) is 70.8 cm³/mol. The maximum atomic E-state index is 12.1. The normalized spacial score (nSPS) is 21.4. The summed E-state index contributed by atoms with van der Waals surface area (Å²) in [6, 6.07) is 0.298. The fourth-order valence-corrected chi connectivity index (χ4v) is 2.56. The van der Waals surface area contributed by atoms with E-state index >= 15 is 0 Å². The lowest BCUT2D eigenvalue weighted by molar-refractivity contribution is -0.132. The Balaban J connectivity index is 2.38. The zero-order valence-corrected chi connectivity index (χ0v) is 11.5. The zero-order chi connectivity index (χ0) is 12.0. The van der Waals surface area contributed by atoms with Crippen LogP contribution in [-0.4, -0.2) is 37.0 Å². The third-order valence-electron chi connectivity index (χ3n) is 3.39. The van der Waals surface area contributed by atoms with Crippen LogP contribution in [0.2, 0.25) is 0 Å². The summed E-state index contributed by atoms with van der Waals surface area (Å²) in [7, 11) is 0. The van der Waals surface area contributed by atoms with Crippen LogP contribution in [-0.2, 0) is 4.79 Å². The highest BCUT2D eigenvalue weighted by Gasteiger charge is 2.34. The summed E-state index contributed by atoms with van der Waals surface area (Å²) in [6.07, 6.45) is 5.06. The SMILES string of the molecule is CSCCC(C)NC(=O)C1(C)CCNCC1. The van der Waals surface area contributed by atoms with Crippen LogP contribution in [0.15, 0.2) is 0 Å². The van der Waals surface area contributed by atoms with Crippen LogP contribution in [0, 0.1) is 5.41 Å². The molecule has 0 saturated carbocycles. The van der Waals surface area contributed by atoms with E-state index in [4.69, 9.17) is 0 Å². The molecule has 94 valence electrons. The van der Waals surface area contributed by atoms with Crippen molar-refractivity contribution in [3.8, 4) is 0 Å². The molecule has 1 amide bonds. The van der Waals surface area contributed by atoms with Crippen molar-refractivity contribution in [1.29, 1.82) is 0 Å². The van der Waals surface area contributed by atoms with E-state index in [-0.39, 0.29) is 11.3 Å². The summed E-state index contributed by atoms with van der Waals surface area (Å²) in [5.41, 5.74) is -0.154.